The molecular weight excluding hydrogens is 269 g/mol. The predicted molar refractivity (Wildman–Crippen MR) is 82.6 cm³/mol. The summed E-state index contributed by atoms with van der Waals surface area (Å²) in [6.45, 7) is 8.01. The van der Waals surface area contributed by atoms with Gasteiger partial charge in [0, 0.05) is 5.56 Å². The lowest BCUT2D eigenvalue weighted by molar-refractivity contribution is 0.00578. The first-order chi connectivity index (χ1) is 9.73. The number of benzene rings is 1. The fourth-order valence-corrected chi connectivity index (χ4v) is 2.36. The molecule has 1 heterocycles. The molecule has 1 fully saturated rings. The zero-order valence-electron chi connectivity index (χ0n) is 13.6. The van der Waals surface area contributed by atoms with Crippen molar-refractivity contribution in [3.63, 3.8) is 0 Å². The molecule has 0 aromatic heterocycles. The minimum Gasteiger partial charge on any atom is -0.493 e. The maximum absolute atomic E-state index is 6.36. The van der Waals surface area contributed by atoms with Gasteiger partial charge in [0.25, 0.3) is 0 Å². The number of methoxy groups -OCH3 is 2. The van der Waals surface area contributed by atoms with Crippen LogP contribution >= 0.6 is 0 Å². The number of para-hydroxylation sites is 1. The van der Waals surface area contributed by atoms with Crippen molar-refractivity contribution in [1.29, 1.82) is 0 Å². The Morgan fingerprint density at radius 1 is 1.05 bits per heavy atom. The Balaban J connectivity index is 2.32. The molecular formula is C15H24BNO4. The summed E-state index contributed by atoms with van der Waals surface area (Å²) < 4.78 is 22.8. The van der Waals surface area contributed by atoms with Crippen molar-refractivity contribution in [1.82, 2.24) is 0 Å². The summed E-state index contributed by atoms with van der Waals surface area (Å²) in [5, 5.41) is 0. The molecule has 2 N–H and O–H groups in total. The number of hydrogen-bond acceptors (Lipinski definition) is 5. The average molecular weight is 293 g/mol. The molecule has 0 saturated carbocycles. The van der Waals surface area contributed by atoms with Crippen LogP contribution in [0.25, 0.3) is 0 Å². The molecule has 1 saturated heterocycles. The van der Waals surface area contributed by atoms with E-state index >= 15 is 0 Å². The maximum Gasteiger partial charge on any atom is 0.480 e. The van der Waals surface area contributed by atoms with Crippen LogP contribution in [0.15, 0.2) is 18.2 Å². The Kier molecular flexibility index (Phi) is 4.24. The smallest absolute Gasteiger partial charge is 0.480 e. The highest BCUT2D eigenvalue weighted by atomic mass is 16.7. The van der Waals surface area contributed by atoms with Gasteiger partial charge in [-0.15, -0.1) is 0 Å². The summed E-state index contributed by atoms with van der Waals surface area (Å²) in [6.07, 6.45) is 0. The summed E-state index contributed by atoms with van der Waals surface area (Å²) in [6, 6.07) is 5.61. The average Bonchev–Trinajstić information content (AvgIpc) is 2.65. The summed E-state index contributed by atoms with van der Waals surface area (Å²) in [4.78, 5) is 0. The first kappa shape index (κ1) is 16.1. The van der Waals surface area contributed by atoms with Gasteiger partial charge in [-0.1, -0.05) is 12.1 Å². The van der Waals surface area contributed by atoms with Gasteiger partial charge in [0.1, 0.15) is 0 Å². The third kappa shape index (κ3) is 2.75. The van der Waals surface area contributed by atoms with E-state index in [1.165, 1.54) is 0 Å². The van der Waals surface area contributed by atoms with Gasteiger partial charge in [-0.25, -0.2) is 0 Å². The Labute approximate surface area is 126 Å². The third-order valence-corrected chi connectivity index (χ3v) is 4.36. The molecule has 0 aliphatic carbocycles. The lowest BCUT2D eigenvalue weighted by Crippen LogP contribution is -2.41. The van der Waals surface area contributed by atoms with Crippen molar-refractivity contribution in [2.24, 2.45) is 5.73 Å². The Hall–Kier alpha value is -1.24. The van der Waals surface area contributed by atoms with E-state index in [1.54, 1.807) is 14.2 Å². The summed E-state index contributed by atoms with van der Waals surface area (Å²) in [5.74, 6) is 0.792. The SMILES string of the molecule is COc1cccc([C@H](N)B2OC(C)(C)C(C)(C)O2)c1OC. The van der Waals surface area contributed by atoms with E-state index in [0.717, 1.165) is 5.56 Å². The zero-order valence-corrected chi connectivity index (χ0v) is 13.6. The van der Waals surface area contributed by atoms with Crippen LogP contribution < -0.4 is 15.2 Å². The van der Waals surface area contributed by atoms with Gasteiger partial charge < -0.3 is 24.5 Å². The van der Waals surface area contributed by atoms with E-state index < -0.39 is 24.3 Å². The van der Waals surface area contributed by atoms with Crippen LogP contribution in [0.2, 0.25) is 0 Å². The van der Waals surface area contributed by atoms with E-state index in [-0.39, 0.29) is 0 Å². The Morgan fingerprint density at radius 3 is 2.10 bits per heavy atom. The summed E-state index contributed by atoms with van der Waals surface area (Å²) >= 11 is 0. The van der Waals surface area contributed by atoms with Gasteiger partial charge in [0.05, 0.1) is 31.4 Å². The van der Waals surface area contributed by atoms with E-state index in [9.17, 15) is 0 Å². The van der Waals surface area contributed by atoms with Gasteiger partial charge in [0.15, 0.2) is 11.5 Å². The highest BCUT2D eigenvalue weighted by molar-refractivity contribution is 6.47. The highest BCUT2D eigenvalue weighted by Crippen LogP contribution is 2.42. The minimum absolute atomic E-state index is 0.415. The van der Waals surface area contributed by atoms with Crippen molar-refractivity contribution in [3.8, 4) is 11.5 Å². The third-order valence-electron chi connectivity index (χ3n) is 4.36. The summed E-state index contributed by atoms with van der Waals surface area (Å²) in [5.41, 5.74) is 6.33. The van der Waals surface area contributed by atoms with Crippen molar-refractivity contribution in [3.05, 3.63) is 23.8 Å². The first-order valence-electron chi connectivity index (χ1n) is 7.05. The Morgan fingerprint density at radius 2 is 1.62 bits per heavy atom. The van der Waals surface area contributed by atoms with Crippen LogP contribution in [-0.4, -0.2) is 32.5 Å². The number of nitrogens with two attached hydrogens (primary N) is 1. The Bertz CT molecular complexity index is 502. The number of hydrogen-bond donors (Lipinski definition) is 1. The zero-order chi connectivity index (χ0) is 15.8. The molecule has 0 amide bonds. The normalized spacial score (nSPS) is 21.2. The lowest BCUT2D eigenvalue weighted by atomic mass is 9.74. The van der Waals surface area contributed by atoms with E-state index in [4.69, 9.17) is 24.5 Å². The minimum atomic E-state index is -0.531. The van der Waals surface area contributed by atoms with Crippen LogP contribution in [0.3, 0.4) is 0 Å². The summed E-state index contributed by atoms with van der Waals surface area (Å²) in [7, 11) is 2.66. The van der Waals surface area contributed by atoms with Gasteiger partial charge >= 0.3 is 7.12 Å². The van der Waals surface area contributed by atoms with Crippen LogP contribution in [-0.2, 0) is 9.31 Å². The molecule has 1 aliphatic heterocycles. The van der Waals surface area contributed by atoms with Crippen molar-refractivity contribution in [2.45, 2.75) is 44.8 Å². The largest absolute Gasteiger partial charge is 0.493 e. The molecule has 6 heteroatoms. The van der Waals surface area contributed by atoms with E-state index in [0.29, 0.717) is 11.5 Å². The quantitative estimate of drug-likeness (QED) is 0.863. The molecule has 1 aromatic rings. The van der Waals surface area contributed by atoms with Gasteiger partial charge in [0.2, 0.25) is 0 Å². The second-order valence-electron chi connectivity index (χ2n) is 6.23. The monoisotopic (exact) mass is 293 g/mol. The molecule has 5 nitrogen and oxygen atoms in total. The second kappa shape index (κ2) is 5.52. The topological polar surface area (TPSA) is 62.9 Å². The van der Waals surface area contributed by atoms with Crippen LogP contribution in [0.5, 0.6) is 11.5 Å². The van der Waals surface area contributed by atoms with Crippen molar-refractivity contribution in [2.75, 3.05) is 14.2 Å². The first-order valence-corrected chi connectivity index (χ1v) is 7.05. The fourth-order valence-electron chi connectivity index (χ4n) is 2.36. The van der Waals surface area contributed by atoms with E-state index in [1.807, 2.05) is 45.9 Å². The molecule has 0 unspecified atom stereocenters. The van der Waals surface area contributed by atoms with Crippen LogP contribution in [0.1, 0.15) is 39.2 Å². The molecule has 1 aromatic carbocycles. The standard InChI is InChI=1S/C15H24BNO4/c1-14(2)15(3,4)21-16(20-14)13(17)10-8-7-9-11(18-5)12(10)19-6/h7-9,13H,17H2,1-6H3/t13-/m0/s1. The number of ether oxygens (including phenoxy) is 2. The molecule has 116 valence electrons. The second-order valence-corrected chi connectivity index (χ2v) is 6.23. The van der Waals surface area contributed by atoms with E-state index in [2.05, 4.69) is 0 Å². The molecule has 2 rings (SSSR count). The molecule has 0 spiro atoms. The fraction of sp³-hybridized carbons (Fsp3) is 0.600. The van der Waals surface area contributed by atoms with Crippen LogP contribution in [0.4, 0.5) is 0 Å². The lowest BCUT2D eigenvalue weighted by Gasteiger charge is -2.32. The molecule has 0 bridgehead atoms. The van der Waals surface area contributed by atoms with Crippen molar-refractivity contribution < 1.29 is 18.8 Å². The highest BCUT2D eigenvalue weighted by Gasteiger charge is 2.53. The van der Waals surface area contributed by atoms with Crippen LogP contribution in [0, 0.1) is 0 Å². The van der Waals surface area contributed by atoms with Gasteiger partial charge in [-0.3, -0.25) is 0 Å². The maximum atomic E-state index is 6.36. The molecule has 1 aliphatic rings. The number of rotatable bonds is 4. The van der Waals surface area contributed by atoms with Gasteiger partial charge in [-0.2, -0.15) is 0 Å². The van der Waals surface area contributed by atoms with Crippen molar-refractivity contribution >= 4 is 7.12 Å². The molecule has 0 radical (unpaired) electrons. The predicted octanol–water partition coefficient (Wildman–Crippen LogP) is 2.33. The molecule has 21 heavy (non-hydrogen) atoms. The molecule has 1 atom stereocenters. The van der Waals surface area contributed by atoms with Gasteiger partial charge in [-0.05, 0) is 33.8 Å².